The van der Waals surface area contributed by atoms with Crippen molar-refractivity contribution in [3.8, 4) is 11.3 Å². The fourth-order valence-corrected chi connectivity index (χ4v) is 2.61. The summed E-state index contributed by atoms with van der Waals surface area (Å²) in [6.45, 7) is 1.10. The van der Waals surface area contributed by atoms with Crippen molar-refractivity contribution in [2.24, 2.45) is 5.92 Å². The maximum Gasteiger partial charge on any atom is 0.239 e. The van der Waals surface area contributed by atoms with Crippen LogP contribution in [0.4, 0.5) is 5.13 Å². The van der Waals surface area contributed by atoms with E-state index in [2.05, 4.69) is 15.6 Å². The first-order valence-corrected chi connectivity index (χ1v) is 7.71. The molecule has 3 rings (SSSR count). The van der Waals surface area contributed by atoms with Gasteiger partial charge in [0.25, 0.3) is 0 Å². The normalized spacial score (nSPS) is 14.0. The quantitative estimate of drug-likeness (QED) is 0.859. The summed E-state index contributed by atoms with van der Waals surface area (Å²) in [5, 5.41) is 8.79. The number of amides is 1. The van der Waals surface area contributed by atoms with Crippen LogP contribution in [0.3, 0.4) is 0 Å². The molecule has 0 saturated heterocycles. The lowest BCUT2D eigenvalue weighted by Crippen LogP contribution is -2.31. The van der Waals surface area contributed by atoms with Crippen LogP contribution >= 0.6 is 11.3 Å². The number of carbonyl (C=O) groups is 1. The second kappa shape index (κ2) is 6.05. The Labute approximate surface area is 122 Å². The van der Waals surface area contributed by atoms with Crippen molar-refractivity contribution in [2.45, 2.75) is 12.8 Å². The van der Waals surface area contributed by atoms with E-state index in [-0.39, 0.29) is 12.5 Å². The van der Waals surface area contributed by atoms with Gasteiger partial charge in [-0.25, -0.2) is 4.98 Å². The Hall–Kier alpha value is -1.88. The Bertz CT molecular complexity index is 578. The van der Waals surface area contributed by atoms with E-state index in [0.717, 1.165) is 22.9 Å². The molecule has 0 atom stereocenters. The van der Waals surface area contributed by atoms with Gasteiger partial charge < -0.3 is 10.6 Å². The van der Waals surface area contributed by atoms with Gasteiger partial charge >= 0.3 is 0 Å². The van der Waals surface area contributed by atoms with Crippen molar-refractivity contribution in [3.63, 3.8) is 0 Å². The largest absolute Gasteiger partial charge is 0.354 e. The molecule has 20 heavy (non-hydrogen) atoms. The maximum atomic E-state index is 11.6. The lowest BCUT2D eigenvalue weighted by Gasteiger charge is -2.04. The Morgan fingerprint density at radius 2 is 2.10 bits per heavy atom. The lowest BCUT2D eigenvalue weighted by molar-refractivity contribution is -0.119. The number of anilines is 1. The van der Waals surface area contributed by atoms with Crippen LogP contribution in [-0.2, 0) is 4.79 Å². The number of hydrogen-bond acceptors (Lipinski definition) is 4. The average molecular weight is 287 g/mol. The minimum atomic E-state index is 0.0355. The minimum Gasteiger partial charge on any atom is -0.354 e. The summed E-state index contributed by atoms with van der Waals surface area (Å²) in [7, 11) is 0. The van der Waals surface area contributed by atoms with Crippen LogP contribution in [-0.4, -0.2) is 24.0 Å². The van der Waals surface area contributed by atoms with Crippen molar-refractivity contribution in [1.29, 1.82) is 0 Å². The first-order valence-electron chi connectivity index (χ1n) is 6.83. The second-order valence-corrected chi connectivity index (χ2v) is 5.86. The van der Waals surface area contributed by atoms with E-state index in [4.69, 9.17) is 0 Å². The van der Waals surface area contributed by atoms with E-state index in [1.165, 1.54) is 24.2 Å². The van der Waals surface area contributed by atoms with Crippen LogP contribution in [0.15, 0.2) is 35.7 Å². The minimum absolute atomic E-state index is 0.0355. The standard InChI is InChI=1S/C15H17N3OS/c19-14(16-8-11-6-7-11)9-17-15-18-13(10-20-15)12-4-2-1-3-5-12/h1-5,10-11H,6-9H2,(H,16,19)(H,17,18). The molecular formula is C15H17N3OS. The van der Waals surface area contributed by atoms with Crippen molar-refractivity contribution in [3.05, 3.63) is 35.7 Å². The lowest BCUT2D eigenvalue weighted by atomic mass is 10.2. The first kappa shape index (κ1) is 13.1. The molecule has 1 heterocycles. The third-order valence-electron chi connectivity index (χ3n) is 3.26. The second-order valence-electron chi connectivity index (χ2n) is 5.00. The topological polar surface area (TPSA) is 54.0 Å². The smallest absolute Gasteiger partial charge is 0.239 e. The molecule has 1 amide bonds. The number of thiazole rings is 1. The summed E-state index contributed by atoms with van der Waals surface area (Å²) in [4.78, 5) is 16.1. The predicted molar refractivity (Wildman–Crippen MR) is 81.8 cm³/mol. The van der Waals surface area contributed by atoms with Gasteiger partial charge in [-0.2, -0.15) is 0 Å². The summed E-state index contributed by atoms with van der Waals surface area (Å²) in [5.74, 6) is 0.747. The molecule has 0 spiro atoms. The molecule has 104 valence electrons. The number of benzene rings is 1. The van der Waals surface area contributed by atoms with Crippen LogP contribution in [0.1, 0.15) is 12.8 Å². The number of nitrogens with one attached hydrogen (secondary N) is 2. The number of nitrogens with zero attached hydrogens (tertiary/aromatic N) is 1. The van der Waals surface area contributed by atoms with Crippen LogP contribution in [0.5, 0.6) is 0 Å². The van der Waals surface area contributed by atoms with Crippen LogP contribution < -0.4 is 10.6 Å². The summed E-state index contributed by atoms with van der Waals surface area (Å²) in [6.07, 6.45) is 2.50. The zero-order chi connectivity index (χ0) is 13.8. The van der Waals surface area contributed by atoms with Gasteiger partial charge in [0.15, 0.2) is 5.13 Å². The highest BCUT2D eigenvalue weighted by Crippen LogP contribution is 2.27. The van der Waals surface area contributed by atoms with E-state index >= 15 is 0 Å². The molecule has 0 aliphatic heterocycles. The number of carbonyl (C=O) groups excluding carboxylic acids is 1. The van der Waals surface area contributed by atoms with E-state index < -0.39 is 0 Å². The van der Waals surface area contributed by atoms with Gasteiger partial charge in [-0.15, -0.1) is 11.3 Å². The molecule has 4 nitrogen and oxygen atoms in total. The van der Waals surface area contributed by atoms with Gasteiger partial charge in [0.2, 0.25) is 5.91 Å². The predicted octanol–water partition coefficient (Wildman–Crippen LogP) is 2.75. The maximum absolute atomic E-state index is 11.6. The molecular weight excluding hydrogens is 270 g/mol. The van der Waals surface area contributed by atoms with Crippen molar-refractivity contribution in [1.82, 2.24) is 10.3 Å². The zero-order valence-corrected chi connectivity index (χ0v) is 12.0. The molecule has 2 N–H and O–H groups in total. The van der Waals surface area contributed by atoms with Gasteiger partial charge in [0, 0.05) is 17.5 Å². The molecule has 1 aromatic heterocycles. The molecule has 0 bridgehead atoms. The number of hydrogen-bond donors (Lipinski definition) is 2. The van der Waals surface area contributed by atoms with Crippen molar-refractivity contribution in [2.75, 3.05) is 18.4 Å². The summed E-state index contributed by atoms with van der Waals surface area (Å²) in [5.41, 5.74) is 2.03. The van der Waals surface area contributed by atoms with Gasteiger partial charge in [0.1, 0.15) is 0 Å². The van der Waals surface area contributed by atoms with E-state index in [1.807, 2.05) is 35.7 Å². The van der Waals surface area contributed by atoms with E-state index in [1.54, 1.807) is 0 Å². The summed E-state index contributed by atoms with van der Waals surface area (Å²) < 4.78 is 0. The fraction of sp³-hybridized carbons (Fsp3) is 0.333. The molecule has 1 fully saturated rings. The first-order chi connectivity index (χ1) is 9.81. The Morgan fingerprint density at radius 3 is 2.85 bits per heavy atom. The Morgan fingerprint density at radius 1 is 1.30 bits per heavy atom. The van der Waals surface area contributed by atoms with Crippen molar-refractivity contribution < 1.29 is 4.79 Å². The molecule has 5 heteroatoms. The highest BCUT2D eigenvalue weighted by Gasteiger charge is 2.21. The van der Waals surface area contributed by atoms with Crippen LogP contribution in [0.25, 0.3) is 11.3 Å². The van der Waals surface area contributed by atoms with Crippen molar-refractivity contribution >= 4 is 22.4 Å². The van der Waals surface area contributed by atoms with Gasteiger partial charge in [0.05, 0.1) is 12.2 Å². The SMILES string of the molecule is O=C(CNc1nc(-c2ccccc2)cs1)NCC1CC1. The fourth-order valence-electron chi connectivity index (χ4n) is 1.89. The van der Waals surface area contributed by atoms with Gasteiger partial charge in [-0.3, -0.25) is 4.79 Å². The molecule has 1 saturated carbocycles. The van der Waals surface area contributed by atoms with Crippen LogP contribution in [0.2, 0.25) is 0 Å². The Kier molecular flexibility index (Phi) is 3.97. The highest BCUT2D eigenvalue weighted by atomic mass is 32.1. The monoisotopic (exact) mass is 287 g/mol. The van der Waals surface area contributed by atoms with Gasteiger partial charge in [-0.05, 0) is 18.8 Å². The summed E-state index contributed by atoms with van der Waals surface area (Å²) >= 11 is 1.52. The van der Waals surface area contributed by atoms with Gasteiger partial charge in [-0.1, -0.05) is 30.3 Å². The van der Waals surface area contributed by atoms with Crippen LogP contribution in [0, 0.1) is 5.92 Å². The van der Waals surface area contributed by atoms with E-state index in [0.29, 0.717) is 5.92 Å². The Balaban J connectivity index is 1.50. The number of rotatable bonds is 6. The third kappa shape index (κ3) is 3.57. The zero-order valence-electron chi connectivity index (χ0n) is 11.1. The molecule has 1 aliphatic rings. The molecule has 1 aromatic carbocycles. The molecule has 0 radical (unpaired) electrons. The molecule has 2 aromatic rings. The van der Waals surface area contributed by atoms with E-state index in [9.17, 15) is 4.79 Å². The summed E-state index contributed by atoms with van der Waals surface area (Å²) in [6, 6.07) is 10.0. The molecule has 1 aliphatic carbocycles. The third-order valence-corrected chi connectivity index (χ3v) is 4.06. The average Bonchev–Trinajstić information content (AvgIpc) is 3.20. The molecule has 0 unspecified atom stereocenters. The highest BCUT2D eigenvalue weighted by molar-refractivity contribution is 7.14. The number of aromatic nitrogens is 1.